The fourth-order valence-electron chi connectivity index (χ4n) is 3.77. The SMILES string of the molecule is CC1(C)CC(C)(c2cccc(O)c2)c2cc(O)c(O)cc21. The summed E-state index contributed by atoms with van der Waals surface area (Å²) in [6.07, 6.45) is 0.849. The Morgan fingerprint density at radius 2 is 1.48 bits per heavy atom. The maximum atomic E-state index is 9.89. The Hall–Kier alpha value is -2.16. The maximum Gasteiger partial charge on any atom is 0.157 e. The van der Waals surface area contributed by atoms with Crippen LogP contribution >= 0.6 is 0 Å². The van der Waals surface area contributed by atoms with Crippen molar-refractivity contribution in [2.24, 2.45) is 0 Å². The van der Waals surface area contributed by atoms with E-state index >= 15 is 0 Å². The van der Waals surface area contributed by atoms with Gasteiger partial charge in [-0.15, -0.1) is 0 Å². The second-order valence-electron chi connectivity index (χ2n) is 6.83. The average molecular weight is 284 g/mol. The molecule has 0 bridgehead atoms. The molecule has 0 aliphatic heterocycles. The number of aromatic hydroxyl groups is 3. The highest BCUT2D eigenvalue weighted by molar-refractivity contribution is 5.58. The molecule has 0 aromatic heterocycles. The van der Waals surface area contributed by atoms with E-state index in [2.05, 4.69) is 20.8 Å². The minimum Gasteiger partial charge on any atom is -0.508 e. The second kappa shape index (κ2) is 4.17. The largest absolute Gasteiger partial charge is 0.508 e. The smallest absolute Gasteiger partial charge is 0.157 e. The molecule has 1 atom stereocenters. The molecular weight excluding hydrogens is 264 g/mol. The van der Waals surface area contributed by atoms with Crippen LogP contribution in [0.2, 0.25) is 0 Å². The van der Waals surface area contributed by atoms with Gasteiger partial charge in [-0.25, -0.2) is 0 Å². The highest BCUT2D eigenvalue weighted by Gasteiger charge is 2.46. The molecule has 3 N–H and O–H groups in total. The molecule has 3 nitrogen and oxygen atoms in total. The summed E-state index contributed by atoms with van der Waals surface area (Å²) in [4.78, 5) is 0. The van der Waals surface area contributed by atoms with E-state index in [9.17, 15) is 15.3 Å². The molecule has 110 valence electrons. The zero-order chi connectivity index (χ0) is 15.4. The summed E-state index contributed by atoms with van der Waals surface area (Å²) in [6.45, 7) is 6.39. The van der Waals surface area contributed by atoms with Crippen LogP contribution in [0.5, 0.6) is 17.2 Å². The highest BCUT2D eigenvalue weighted by atomic mass is 16.3. The fourth-order valence-corrected chi connectivity index (χ4v) is 3.77. The number of fused-ring (bicyclic) bond motifs is 1. The molecule has 0 heterocycles. The quantitative estimate of drug-likeness (QED) is 0.698. The molecule has 21 heavy (non-hydrogen) atoms. The number of hydrogen-bond donors (Lipinski definition) is 3. The van der Waals surface area contributed by atoms with E-state index in [1.165, 1.54) is 0 Å². The predicted octanol–water partition coefficient (Wildman–Crippen LogP) is 3.79. The van der Waals surface area contributed by atoms with E-state index in [1.54, 1.807) is 24.3 Å². The normalized spacial score (nSPS) is 23.0. The number of benzene rings is 2. The van der Waals surface area contributed by atoms with Gasteiger partial charge in [0, 0.05) is 5.41 Å². The van der Waals surface area contributed by atoms with Gasteiger partial charge in [0.1, 0.15) is 5.75 Å². The number of rotatable bonds is 1. The van der Waals surface area contributed by atoms with Crippen molar-refractivity contribution < 1.29 is 15.3 Å². The van der Waals surface area contributed by atoms with Crippen molar-refractivity contribution in [3.8, 4) is 17.2 Å². The molecule has 0 fully saturated rings. The third-order valence-electron chi connectivity index (χ3n) is 4.72. The van der Waals surface area contributed by atoms with Crippen molar-refractivity contribution in [1.29, 1.82) is 0 Å². The summed E-state index contributed by atoms with van der Waals surface area (Å²) in [5.74, 6) is 0.0581. The van der Waals surface area contributed by atoms with Crippen molar-refractivity contribution in [3.05, 3.63) is 53.1 Å². The molecule has 0 saturated heterocycles. The molecule has 0 radical (unpaired) electrons. The summed E-state index contributed by atoms with van der Waals surface area (Å²) in [6, 6.07) is 10.6. The lowest BCUT2D eigenvalue weighted by molar-refractivity contribution is 0.401. The van der Waals surface area contributed by atoms with Crippen molar-refractivity contribution in [3.63, 3.8) is 0 Å². The van der Waals surface area contributed by atoms with Gasteiger partial charge in [-0.1, -0.05) is 32.9 Å². The topological polar surface area (TPSA) is 60.7 Å². The van der Waals surface area contributed by atoms with E-state index in [-0.39, 0.29) is 28.1 Å². The standard InChI is InChI=1S/C18H20O3/c1-17(2)10-18(3,11-5-4-6-12(19)7-11)14-9-16(21)15(20)8-13(14)17/h4-9,19-21H,10H2,1-3H3. The highest BCUT2D eigenvalue weighted by Crippen LogP contribution is 2.55. The zero-order valence-corrected chi connectivity index (χ0v) is 12.5. The zero-order valence-electron chi connectivity index (χ0n) is 12.5. The van der Waals surface area contributed by atoms with Crippen LogP contribution in [0.25, 0.3) is 0 Å². The minimum absolute atomic E-state index is 0.0815. The lowest BCUT2D eigenvalue weighted by atomic mass is 9.75. The lowest BCUT2D eigenvalue weighted by Gasteiger charge is -2.28. The summed E-state index contributed by atoms with van der Waals surface area (Å²) >= 11 is 0. The molecule has 0 saturated carbocycles. The van der Waals surface area contributed by atoms with E-state index in [4.69, 9.17) is 0 Å². The van der Waals surface area contributed by atoms with Gasteiger partial charge in [-0.2, -0.15) is 0 Å². The Kier molecular flexibility index (Phi) is 2.74. The van der Waals surface area contributed by atoms with E-state index in [1.807, 2.05) is 12.1 Å². The number of phenolic OH excluding ortho intramolecular Hbond substituents is 3. The van der Waals surface area contributed by atoms with Crippen molar-refractivity contribution in [2.45, 2.75) is 38.0 Å². The second-order valence-corrected chi connectivity index (χ2v) is 6.83. The Labute approximate surface area is 124 Å². The van der Waals surface area contributed by atoms with Crippen molar-refractivity contribution in [2.75, 3.05) is 0 Å². The van der Waals surface area contributed by atoms with Gasteiger partial charge in [0.15, 0.2) is 11.5 Å². The predicted molar refractivity (Wildman–Crippen MR) is 82.0 cm³/mol. The summed E-state index contributed by atoms with van der Waals surface area (Å²) in [5.41, 5.74) is 2.65. The summed E-state index contributed by atoms with van der Waals surface area (Å²) in [5, 5.41) is 29.5. The first kappa shape index (κ1) is 13.8. The molecule has 0 amide bonds. The molecular formula is C18H20O3. The van der Waals surface area contributed by atoms with Crippen LogP contribution in [-0.4, -0.2) is 15.3 Å². The Morgan fingerprint density at radius 1 is 0.857 bits per heavy atom. The van der Waals surface area contributed by atoms with Crippen LogP contribution in [0.3, 0.4) is 0 Å². The average Bonchev–Trinajstić information content (AvgIpc) is 2.59. The first-order valence-corrected chi connectivity index (χ1v) is 7.10. The van der Waals surface area contributed by atoms with E-state index < -0.39 is 0 Å². The summed E-state index contributed by atoms with van der Waals surface area (Å²) < 4.78 is 0. The van der Waals surface area contributed by atoms with Gasteiger partial charge in [0.2, 0.25) is 0 Å². The molecule has 1 aliphatic rings. The van der Waals surface area contributed by atoms with E-state index in [0.29, 0.717) is 0 Å². The first-order valence-electron chi connectivity index (χ1n) is 7.10. The third-order valence-corrected chi connectivity index (χ3v) is 4.72. The van der Waals surface area contributed by atoms with Gasteiger partial charge in [-0.3, -0.25) is 0 Å². The fraction of sp³-hybridized carbons (Fsp3) is 0.333. The van der Waals surface area contributed by atoms with Gasteiger partial charge in [-0.05, 0) is 52.8 Å². The van der Waals surface area contributed by atoms with Crippen LogP contribution in [0.1, 0.15) is 43.9 Å². The monoisotopic (exact) mass is 284 g/mol. The molecule has 1 aliphatic carbocycles. The maximum absolute atomic E-state index is 9.89. The Morgan fingerprint density at radius 3 is 2.10 bits per heavy atom. The Bertz CT molecular complexity index is 718. The van der Waals surface area contributed by atoms with E-state index in [0.717, 1.165) is 23.1 Å². The van der Waals surface area contributed by atoms with Crippen molar-refractivity contribution >= 4 is 0 Å². The number of hydrogen-bond acceptors (Lipinski definition) is 3. The third kappa shape index (κ3) is 1.96. The molecule has 2 aromatic rings. The number of phenols is 3. The summed E-state index contributed by atoms with van der Waals surface area (Å²) in [7, 11) is 0. The molecule has 3 heteroatoms. The lowest BCUT2D eigenvalue weighted by Crippen LogP contribution is -2.23. The molecule has 3 rings (SSSR count). The van der Waals surface area contributed by atoms with Gasteiger partial charge in [0.25, 0.3) is 0 Å². The van der Waals surface area contributed by atoms with Crippen LogP contribution in [0.4, 0.5) is 0 Å². The van der Waals surface area contributed by atoms with Crippen LogP contribution in [-0.2, 0) is 10.8 Å². The van der Waals surface area contributed by atoms with Crippen molar-refractivity contribution in [1.82, 2.24) is 0 Å². The van der Waals surface area contributed by atoms with Crippen LogP contribution in [0, 0.1) is 0 Å². The van der Waals surface area contributed by atoms with Gasteiger partial charge >= 0.3 is 0 Å². The first-order chi connectivity index (χ1) is 9.74. The minimum atomic E-state index is -0.303. The molecule has 1 unspecified atom stereocenters. The molecule has 0 spiro atoms. The van der Waals surface area contributed by atoms with Crippen LogP contribution < -0.4 is 0 Å². The van der Waals surface area contributed by atoms with Gasteiger partial charge < -0.3 is 15.3 Å². The van der Waals surface area contributed by atoms with Gasteiger partial charge in [0.05, 0.1) is 0 Å². The Balaban J connectivity index is 2.26. The molecule has 2 aromatic carbocycles. The van der Waals surface area contributed by atoms with Crippen LogP contribution in [0.15, 0.2) is 36.4 Å².